The van der Waals surface area contributed by atoms with Crippen LogP contribution in [0.3, 0.4) is 0 Å². The standard InChI is InChI=1S/C19H18ClN5O2/c1-12-7-13(2)9-16(8-12)22-17(26)10-25-11-21-19(24-25)23-18(27)14-3-5-15(20)6-4-14/h3-9,11H,10H2,1-2H3,(H,22,26)(H,23,24,27). The van der Waals surface area contributed by atoms with Crippen LogP contribution in [0, 0.1) is 13.8 Å². The molecule has 1 heterocycles. The van der Waals surface area contributed by atoms with Gasteiger partial charge < -0.3 is 5.32 Å². The van der Waals surface area contributed by atoms with Crippen LogP contribution in [0.4, 0.5) is 11.6 Å². The van der Waals surface area contributed by atoms with Gasteiger partial charge in [-0.2, -0.15) is 0 Å². The lowest BCUT2D eigenvalue weighted by atomic mass is 10.1. The van der Waals surface area contributed by atoms with E-state index in [4.69, 9.17) is 11.6 Å². The third-order valence-corrected chi connectivity index (χ3v) is 3.93. The molecule has 0 saturated carbocycles. The van der Waals surface area contributed by atoms with E-state index in [-0.39, 0.29) is 24.3 Å². The van der Waals surface area contributed by atoms with Crippen LogP contribution in [0.15, 0.2) is 48.8 Å². The number of hydrogen-bond donors (Lipinski definition) is 2. The van der Waals surface area contributed by atoms with Crippen molar-refractivity contribution >= 4 is 35.1 Å². The molecule has 0 unspecified atom stereocenters. The Kier molecular flexibility index (Phi) is 5.52. The monoisotopic (exact) mass is 383 g/mol. The van der Waals surface area contributed by atoms with Crippen molar-refractivity contribution < 1.29 is 9.59 Å². The molecule has 0 aliphatic rings. The maximum Gasteiger partial charge on any atom is 0.258 e. The Morgan fingerprint density at radius 2 is 1.70 bits per heavy atom. The lowest BCUT2D eigenvalue weighted by Crippen LogP contribution is -2.19. The molecule has 7 nitrogen and oxygen atoms in total. The number of aromatic nitrogens is 3. The third kappa shape index (κ3) is 5.15. The zero-order chi connectivity index (χ0) is 19.4. The first-order chi connectivity index (χ1) is 12.9. The predicted molar refractivity (Wildman–Crippen MR) is 104 cm³/mol. The van der Waals surface area contributed by atoms with E-state index in [0.717, 1.165) is 16.8 Å². The Morgan fingerprint density at radius 3 is 2.37 bits per heavy atom. The number of carbonyl (C=O) groups excluding carboxylic acids is 2. The highest BCUT2D eigenvalue weighted by Gasteiger charge is 2.11. The largest absolute Gasteiger partial charge is 0.324 e. The number of nitrogens with one attached hydrogen (secondary N) is 2. The fraction of sp³-hybridized carbons (Fsp3) is 0.158. The van der Waals surface area contributed by atoms with Gasteiger partial charge in [-0.25, -0.2) is 9.67 Å². The maximum atomic E-state index is 12.2. The Morgan fingerprint density at radius 1 is 1.04 bits per heavy atom. The Balaban J connectivity index is 1.59. The quantitative estimate of drug-likeness (QED) is 0.706. The van der Waals surface area contributed by atoms with Gasteiger partial charge in [0.25, 0.3) is 5.91 Å². The molecule has 3 rings (SSSR count). The first kappa shape index (κ1) is 18.6. The summed E-state index contributed by atoms with van der Waals surface area (Å²) in [4.78, 5) is 28.3. The van der Waals surface area contributed by atoms with E-state index in [2.05, 4.69) is 20.7 Å². The number of aryl methyl sites for hydroxylation is 2. The molecule has 138 valence electrons. The van der Waals surface area contributed by atoms with Gasteiger partial charge in [-0.3, -0.25) is 14.9 Å². The van der Waals surface area contributed by atoms with E-state index >= 15 is 0 Å². The minimum Gasteiger partial charge on any atom is -0.324 e. The number of halogens is 1. The second-order valence-corrected chi connectivity index (χ2v) is 6.59. The van der Waals surface area contributed by atoms with Crippen molar-refractivity contribution in [2.45, 2.75) is 20.4 Å². The van der Waals surface area contributed by atoms with Crippen molar-refractivity contribution in [2.75, 3.05) is 10.6 Å². The molecule has 0 spiro atoms. The molecule has 0 radical (unpaired) electrons. The second-order valence-electron chi connectivity index (χ2n) is 6.15. The predicted octanol–water partition coefficient (Wildman–Crippen LogP) is 3.44. The van der Waals surface area contributed by atoms with Crippen molar-refractivity contribution in [1.82, 2.24) is 14.8 Å². The van der Waals surface area contributed by atoms with Crippen molar-refractivity contribution in [2.24, 2.45) is 0 Å². The van der Waals surface area contributed by atoms with Crippen molar-refractivity contribution in [3.8, 4) is 0 Å². The molecular formula is C19H18ClN5O2. The Bertz CT molecular complexity index is 962. The molecule has 2 aromatic carbocycles. The fourth-order valence-corrected chi connectivity index (χ4v) is 2.72. The molecule has 0 bridgehead atoms. The molecule has 0 aliphatic heterocycles. The molecule has 2 N–H and O–H groups in total. The van der Waals surface area contributed by atoms with Crippen LogP contribution in [-0.4, -0.2) is 26.6 Å². The SMILES string of the molecule is Cc1cc(C)cc(NC(=O)Cn2cnc(NC(=O)c3ccc(Cl)cc3)n2)c1. The molecule has 27 heavy (non-hydrogen) atoms. The number of benzene rings is 2. The number of amides is 2. The normalized spacial score (nSPS) is 10.5. The molecule has 3 aromatic rings. The molecule has 1 aromatic heterocycles. The van der Waals surface area contributed by atoms with Crippen LogP contribution >= 0.6 is 11.6 Å². The lowest BCUT2D eigenvalue weighted by Gasteiger charge is -2.07. The summed E-state index contributed by atoms with van der Waals surface area (Å²) in [6, 6.07) is 12.3. The second kappa shape index (κ2) is 8.01. The van der Waals surface area contributed by atoms with Crippen molar-refractivity contribution in [3.63, 3.8) is 0 Å². The summed E-state index contributed by atoms with van der Waals surface area (Å²) < 4.78 is 1.36. The van der Waals surface area contributed by atoms with Gasteiger partial charge in [0.15, 0.2) is 0 Å². The molecule has 2 amide bonds. The van der Waals surface area contributed by atoms with Gasteiger partial charge in [-0.1, -0.05) is 17.7 Å². The molecule has 0 aliphatic carbocycles. The minimum atomic E-state index is -0.357. The number of hydrogen-bond acceptors (Lipinski definition) is 4. The summed E-state index contributed by atoms with van der Waals surface area (Å²) in [6.45, 7) is 3.92. The highest BCUT2D eigenvalue weighted by molar-refractivity contribution is 6.30. The molecular weight excluding hydrogens is 366 g/mol. The zero-order valence-electron chi connectivity index (χ0n) is 14.9. The van der Waals surface area contributed by atoms with E-state index in [1.54, 1.807) is 24.3 Å². The summed E-state index contributed by atoms with van der Waals surface area (Å²) in [5.74, 6) is -0.473. The topological polar surface area (TPSA) is 88.9 Å². The number of carbonyl (C=O) groups is 2. The Labute approximate surface area is 161 Å². The number of rotatable bonds is 5. The summed E-state index contributed by atoms with van der Waals surface area (Å²) in [6.07, 6.45) is 1.39. The maximum absolute atomic E-state index is 12.2. The van der Waals surface area contributed by atoms with Crippen molar-refractivity contribution in [3.05, 3.63) is 70.5 Å². The molecule has 8 heteroatoms. The highest BCUT2D eigenvalue weighted by Crippen LogP contribution is 2.14. The average Bonchev–Trinajstić information content (AvgIpc) is 3.01. The minimum absolute atomic E-state index is 0.0171. The van der Waals surface area contributed by atoms with Gasteiger partial charge in [0, 0.05) is 16.3 Å². The van der Waals surface area contributed by atoms with Crippen molar-refractivity contribution in [1.29, 1.82) is 0 Å². The van der Waals surface area contributed by atoms with Crippen LogP contribution < -0.4 is 10.6 Å². The van der Waals surface area contributed by atoms with Crippen LogP contribution in [0.5, 0.6) is 0 Å². The van der Waals surface area contributed by atoms with E-state index in [9.17, 15) is 9.59 Å². The fourth-order valence-electron chi connectivity index (χ4n) is 2.60. The lowest BCUT2D eigenvalue weighted by molar-refractivity contribution is -0.116. The summed E-state index contributed by atoms with van der Waals surface area (Å²) in [5.41, 5.74) is 3.30. The third-order valence-electron chi connectivity index (χ3n) is 3.68. The molecule has 0 fully saturated rings. The first-order valence-corrected chi connectivity index (χ1v) is 8.61. The number of anilines is 2. The zero-order valence-corrected chi connectivity index (χ0v) is 15.6. The van der Waals surface area contributed by atoms with Gasteiger partial charge in [0.1, 0.15) is 12.9 Å². The first-order valence-electron chi connectivity index (χ1n) is 8.23. The van der Waals surface area contributed by atoms with Gasteiger partial charge in [0.05, 0.1) is 0 Å². The summed E-state index contributed by atoms with van der Waals surface area (Å²) >= 11 is 5.81. The van der Waals surface area contributed by atoms with E-state index in [1.807, 2.05) is 32.0 Å². The van der Waals surface area contributed by atoms with Gasteiger partial charge in [-0.05, 0) is 61.4 Å². The highest BCUT2D eigenvalue weighted by atomic mass is 35.5. The van der Waals surface area contributed by atoms with E-state index in [0.29, 0.717) is 10.6 Å². The van der Waals surface area contributed by atoms with Gasteiger partial charge in [0.2, 0.25) is 11.9 Å². The smallest absolute Gasteiger partial charge is 0.258 e. The number of nitrogens with zero attached hydrogens (tertiary/aromatic N) is 3. The van der Waals surface area contributed by atoms with E-state index in [1.165, 1.54) is 11.0 Å². The average molecular weight is 384 g/mol. The van der Waals surface area contributed by atoms with Crippen LogP contribution in [0.2, 0.25) is 5.02 Å². The molecule has 0 atom stereocenters. The summed E-state index contributed by atoms with van der Waals surface area (Å²) in [5, 5.41) is 10.0. The van der Waals surface area contributed by atoms with Gasteiger partial charge in [-0.15, -0.1) is 5.10 Å². The van der Waals surface area contributed by atoms with E-state index < -0.39 is 0 Å². The van der Waals surface area contributed by atoms with Gasteiger partial charge >= 0.3 is 0 Å². The summed E-state index contributed by atoms with van der Waals surface area (Å²) in [7, 11) is 0. The Hall–Kier alpha value is -3.19. The van der Waals surface area contributed by atoms with Crippen LogP contribution in [0.1, 0.15) is 21.5 Å². The van der Waals surface area contributed by atoms with Crippen LogP contribution in [-0.2, 0) is 11.3 Å². The molecule has 0 saturated heterocycles. The van der Waals surface area contributed by atoms with Crippen LogP contribution in [0.25, 0.3) is 0 Å².